The first kappa shape index (κ1) is 30.0. The van der Waals surface area contributed by atoms with Crippen molar-refractivity contribution >= 4 is 92.1 Å². The predicted octanol–water partition coefficient (Wildman–Crippen LogP) is 15.1. The summed E-state index contributed by atoms with van der Waals surface area (Å²) in [6.45, 7) is 0. The number of hydrogen-bond donors (Lipinski definition) is 0. The molecular formula is C50H31NOS. The highest BCUT2D eigenvalue weighted by Gasteiger charge is 2.21. The minimum atomic E-state index is 0.878. The van der Waals surface area contributed by atoms with Crippen molar-refractivity contribution in [1.29, 1.82) is 0 Å². The zero-order chi connectivity index (χ0) is 34.9. The molecule has 0 saturated heterocycles. The molecule has 53 heavy (non-hydrogen) atoms. The van der Waals surface area contributed by atoms with Crippen molar-refractivity contribution in [3.05, 3.63) is 188 Å². The van der Waals surface area contributed by atoms with E-state index in [0.717, 1.165) is 44.4 Å². The zero-order valence-electron chi connectivity index (χ0n) is 28.7. The average molecular weight is 694 g/mol. The van der Waals surface area contributed by atoms with E-state index in [-0.39, 0.29) is 0 Å². The first-order valence-corrected chi connectivity index (χ1v) is 18.8. The molecule has 0 aliphatic rings. The van der Waals surface area contributed by atoms with Crippen molar-refractivity contribution in [2.24, 2.45) is 0 Å². The van der Waals surface area contributed by atoms with Gasteiger partial charge < -0.3 is 9.32 Å². The van der Waals surface area contributed by atoms with Crippen LogP contribution in [0.5, 0.6) is 0 Å². The Morgan fingerprint density at radius 2 is 1.06 bits per heavy atom. The molecular weight excluding hydrogens is 663 g/mol. The first-order valence-electron chi connectivity index (χ1n) is 18.0. The van der Waals surface area contributed by atoms with E-state index in [4.69, 9.17) is 4.42 Å². The third-order valence-electron chi connectivity index (χ3n) is 10.6. The van der Waals surface area contributed by atoms with Crippen LogP contribution in [0.25, 0.3) is 85.9 Å². The van der Waals surface area contributed by atoms with E-state index in [1.54, 1.807) is 0 Å². The third-order valence-corrected chi connectivity index (χ3v) is 11.8. The third kappa shape index (κ3) is 4.86. The van der Waals surface area contributed by atoms with Gasteiger partial charge in [-0.1, -0.05) is 121 Å². The topological polar surface area (TPSA) is 16.4 Å². The normalized spacial score (nSPS) is 11.8. The maximum Gasteiger partial charge on any atom is 0.143 e. The van der Waals surface area contributed by atoms with Gasteiger partial charge in [0, 0.05) is 53.4 Å². The van der Waals surface area contributed by atoms with Crippen molar-refractivity contribution < 1.29 is 4.42 Å². The van der Waals surface area contributed by atoms with Gasteiger partial charge in [-0.25, -0.2) is 0 Å². The molecule has 248 valence electrons. The Bertz CT molecular complexity index is 3170. The van der Waals surface area contributed by atoms with Gasteiger partial charge in [0.05, 0.1) is 0 Å². The van der Waals surface area contributed by atoms with Crippen LogP contribution < -0.4 is 4.90 Å². The maximum absolute atomic E-state index is 6.83. The molecule has 11 rings (SSSR count). The molecule has 11 aromatic rings. The van der Waals surface area contributed by atoms with Gasteiger partial charge in [0.15, 0.2) is 0 Å². The molecule has 9 aromatic carbocycles. The lowest BCUT2D eigenvalue weighted by molar-refractivity contribution is 0.673. The van der Waals surface area contributed by atoms with Crippen LogP contribution in [0.2, 0.25) is 0 Å². The molecule has 3 heteroatoms. The first-order chi connectivity index (χ1) is 26.3. The minimum absolute atomic E-state index is 0.878. The van der Waals surface area contributed by atoms with Gasteiger partial charge in [-0.15, -0.1) is 11.3 Å². The molecule has 0 bridgehead atoms. The summed E-state index contributed by atoms with van der Waals surface area (Å²) in [4.78, 5) is 2.34. The molecule has 0 amide bonds. The largest absolute Gasteiger partial charge is 0.455 e. The van der Waals surface area contributed by atoms with Gasteiger partial charge in [-0.3, -0.25) is 0 Å². The van der Waals surface area contributed by atoms with Crippen molar-refractivity contribution in [3.63, 3.8) is 0 Å². The maximum atomic E-state index is 6.83. The number of fused-ring (bicyclic) bond motifs is 9. The molecule has 0 spiro atoms. The highest BCUT2D eigenvalue weighted by atomic mass is 32.1. The molecule has 2 nitrogen and oxygen atoms in total. The summed E-state index contributed by atoms with van der Waals surface area (Å²) in [5.74, 6) is 0. The number of para-hydroxylation sites is 1. The van der Waals surface area contributed by atoms with Crippen molar-refractivity contribution in [2.75, 3.05) is 4.90 Å². The van der Waals surface area contributed by atoms with E-state index in [1.807, 2.05) is 11.3 Å². The van der Waals surface area contributed by atoms with Crippen LogP contribution in [-0.2, 0) is 0 Å². The molecule has 2 aromatic heterocycles. The fourth-order valence-electron chi connectivity index (χ4n) is 8.15. The fourth-order valence-corrected chi connectivity index (χ4v) is 9.28. The summed E-state index contributed by atoms with van der Waals surface area (Å²) in [7, 11) is 0. The molecule has 0 atom stereocenters. The van der Waals surface area contributed by atoms with Crippen LogP contribution in [-0.4, -0.2) is 0 Å². The van der Waals surface area contributed by atoms with E-state index < -0.39 is 0 Å². The molecule has 0 fully saturated rings. The van der Waals surface area contributed by atoms with E-state index in [0.29, 0.717) is 0 Å². The van der Waals surface area contributed by atoms with Gasteiger partial charge in [0.25, 0.3) is 0 Å². The second-order valence-electron chi connectivity index (χ2n) is 13.7. The quantitative estimate of drug-likeness (QED) is 0.178. The van der Waals surface area contributed by atoms with E-state index >= 15 is 0 Å². The van der Waals surface area contributed by atoms with Crippen LogP contribution in [0.3, 0.4) is 0 Å². The Morgan fingerprint density at radius 3 is 1.92 bits per heavy atom. The van der Waals surface area contributed by atoms with Gasteiger partial charge >= 0.3 is 0 Å². The number of thiophene rings is 1. The molecule has 0 unspecified atom stereocenters. The molecule has 0 aliphatic heterocycles. The SMILES string of the molecule is c1ccc(N(c2ccc(-c3ccc4ccccc4c3)cc2)c2ccc3oc4c5ccccc5cc(-c5cccc6sc7ccccc7c56)c4c3c2)cc1. The van der Waals surface area contributed by atoms with Crippen molar-refractivity contribution in [1.82, 2.24) is 0 Å². The van der Waals surface area contributed by atoms with E-state index in [9.17, 15) is 0 Å². The Kier molecular flexibility index (Phi) is 6.76. The number of hydrogen-bond acceptors (Lipinski definition) is 3. The summed E-state index contributed by atoms with van der Waals surface area (Å²) >= 11 is 1.86. The summed E-state index contributed by atoms with van der Waals surface area (Å²) in [6.07, 6.45) is 0. The Morgan fingerprint density at radius 1 is 0.377 bits per heavy atom. The van der Waals surface area contributed by atoms with Gasteiger partial charge in [-0.2, -0.15) is 0 Å². The van der Waals surface area contributed by atoms with Gasteiger partial charge in [-0.05, 0) is 105 Å². The second-order valence-corrected chi connectivity index (χ2v) is 14.8. The van der Waals surface area contributed by atoms with Gasteiger partial charge in [0.1, 0.15) is 11.2 Å². The van der Waals surface area contributed by atoms with Crippen LogP contribution in [0.15, 0.2) is 192 Å². The van der Waals surface area contributed by atoms with Crippen molar-refractivity contribution in [3.8, 4) is 22.3 Å². The van der Waals surface area contributed by atoms with Crippen LogP contribution in [0, 0.1) is 0 Å². The fraction of sp³-hybridized carbons (Fsp3) is 0. The van der Waals surface area contributed by atoms with E-state index in [2.05, 4.69) is 193 Å². The van der Waals surface area contributed by atoms with Crippen molar-refractivity contribution in [2.45, 2.75) is 0 Å². The average Bonchev–Trinajstić information content (AvgIpc) is 3.80. The number of rotatable bonds is 5. The number of nitrogens with zero attached hydrogens (tertiary/aromatic N) is 1. The summed E-state index contributed by atoms with van der Waals surface area (Å²) in [6, 6.07) is 67.9. The second kappa shape index (κ2) is 11.9. The Hall–Kier alpha value is -6.68. The summed E-state index contributed by atoms with van der Waals surface area (Å²) in [5, 5.41) is 9.62. The van der Waals surface area contributed by atoms with Crippen LogP contribution in [0.1, 0.15) is 0 Å². The standard InChI is InChI=1S/C50H31NOS/c1-2-14-37(15-3-1)51(38-25-23-33(24-26-38)35-22-21-32-11-4-5-12-34(32)29-35)39-27-28-45-44(31-39)49-43(30-36-13-6-7-16-40(36)50(49)52-45)41-18-10-20-47-48(41)42-17-8-9-19-46(42)53-47/h1-31H. The number of furan rings is 1. The Labute approximate surface area is 310 Å². The summed E-state index contributed by atoms with van der Waals surface area (Å²) in [5.41, 5.74) is 9.88. The lowest BCUT2D eigenvalue weighted by Crippen LogP contribution is -2.09. The Balaban J connectivity index is 1.12. The summed E-state index contributed by atoms with van der Waals surface area (Å²) < 4.78 is 9.43. The van der Waals surface area contributed by atoms with Crippen LogP contribution >= 0.6 is 11.3 Å². The smallest absolute Gasteiger partial charge is 0.143 e. The zero-order valence-corrected chi connectivity index (χ0v) is 29.5. The highest BCUT2D eigenvalue weighted by molar-refractivity contribution is 7.25. The monoisotopic (exact) mass is 693 g/mol. The lowest BCUT2D eigenvalue weighted by Gasteiger charge is -2.25. The molecule has 0 saturated carbocycles. The molecule has 0 N–H and O–H groups in total. The highest BCUT2D eigenvalue weighted by Crippen LogP contribution is 2.47. The predicted molar refractivity (Wildman–Crippen MR) is 227 cm³/mol. The van der Waals surface area contributed by atoms with Crippen LogP contribution in [0.4, 0.5) is 17.1 Å². The van der Waals surface area contributed by atoms with E-state index in [1.165, 1.54) is 58.6 Å². The van der Waals surface area contributed by atoms with Gasteiger partial charge in [0.2, 0.25) is 0 Å². The molecule has 0 radical (unpaired) electrons. The minimum Gasteiger partial charge on any atom is -0.455 e. The lowest BCUT2D eigenvalue weighted by atomic mass is 9.92. The molecule has 2 heterocycles. The number of benzene rings is 9. The molecule has 0 aliphatic carbocycles. The number of anilines is 3.